The third-order valence-corrected chi connectivity index (χ3v) is 8.01. The van der Waals surface area contributed by atoms with Crippen molar-refractivity contribution in [2.24, 2.45) is 9.98 Å². The molecule has 0 aliphatic rings. The van der Waals surface area contributed by atoms with E-state index >= 15 is 17.6 Å². The molecule has 64 heavy (non-hydrogen) atoms. The number of hydrogen-bond acceptors (Lipinski definition) is 7. The molecule has 0 aromatic heterocycles. The van der Waals surface area contributed by atoms with Crippen LogP contribution in [0, 0.1) is 6.92 Å². The average Bonchev–Trinajstić information content (AvgIpc) is 3.10. The lowest BCUT2D eigenvalue weighted by atomic mass is 9.82. The van der Waals surface area contributed by atoms with E-state index in [0.717, 1.165) is 5.32 Å². The fourth-order valence-electron chi connectivity index (χ4n) is 4.45. The van der Waals surface area contributed by atoms with Gasteiger partial charge in [-0.05, 0) is 18.6 Å². The molecule has 0 atom stereocenters. The number of esters is 1. The summed E-state index contributed by atoms with van der Waals surface area (Å²) in [6, 6.07) is -0.478. The zero-order valence-corrected chi connectivity index (χ0v) is 29.2. The Bertz CT molecular complexity index is 2080. The van der Waals surface area contributed by atoms with Crippen LogP contribution in [0.15, 0.2) is 16.1 Å². The fraction of sp³-hybridized carbons (Fsp3) is 0.630. The number of isocyanates is 2. The number of nitrogens with one attached hydrogen (secondary N) is 1. The number of hydrogen-bond donors (Lipinski definition) is 1. The molecule has 37 heteroatoms. The van der Waals surface area contributed by atoms with E-state index in [4.69, 9.17) is 0 Å². The molecule has 1 N–H and O–H groups in total. The molecule has 1 aromatic rings. The van der Waals surface area contributed by atoms with Crippen molar-refractivity contribution in [2.45, 2.75) is 97.0 Å². The lowest BCUT2D eigenvalue weighted by Crippen LogP contribution is -2.79. The number of amides is 1. The molecule has 8 nitrogen and oxygen atoms in total. The van der Waals surface area contributed by atoms with Crippen LogP contribution in [0.25, 0.3) is 0 Å². The number of benzene rings is 1. The summed E-state index contributed by atoms with van der Waals surface area (Å²) in [6.45, 7) is -1.01. The van der Waals surface area contributed by atoms with Gasteiger partial charge in [0.05, 0.1) is 22.5 Å². The first-order valence-corrected chi connectivity index (χ1v) is 14.6. The van der Waals surface area contributed by atoms with Gasteiger partial charge in [-0.15, -0.1) is 0 Å². The Labute approximate surface area is 329 Å². The van der Waals surface area contributed by atoms with Crippen molar-refractivity contribution in [3.05, 3.63) is 22.8 Å². The lowest BCUT2D eigenvalue weighted by Gasteiger charge is -2.46. The van der Waals surface area contributed by atoms with Crippen LogP contribution in [0.2, 0.25) is 0 Å². The average molecular weight is 1010 g/mol. The second-order valence-corrected chi connectivity index (χ2v) is 11.9. The Balaban J connectivity index is 4.32. The number of rotatable bonds is 18. The first kappa shape index (κ1) is 56.9. The van der Waals surface area contributed by atoms with Crippen LogP contribution in [0.4, 0.5) is 139 Å². The van der Waals surface area contributed by atoms with Gasteiger partial charge in [0.1, 0.15) is 0 Å². The molecule has 0 heterocycles. The molecule has 366 valence electrons. The van der Waals surface area contributed by atoms with Gasteiger partial charge in [0.25, 0.3) is 5.91 Å². The molecule has 0 aliphatic carbocycles. The number of carbonyl (C=O) groups excluding carboxylic acids is 4. The van der Waals surface area contributed by atoms with E-state index < -0.39 is 136 Å². The first-order chi connectivity index (χ1) is 27.9. The van der Waals surface area contributed by atoms with Crippen molar-refractivity contribution in [1.82, 2.24) is 5.32 Å². The monoisotopic (exact) mass is 1010 g/mol. The Kier molecular flexibility index (Phi) is 14.3. The summed E-state index contributed by atoms with van der Waals surface area (Å²) in [5, 5.41) is 1.13. The van der Waals surface area contributed by atoms with Crippen LogP contribution < -0.4 is 5.32 Å². The van der Waals surface area contributed by atoms with Crippen molar-refractivity contribution in [3.63, 3.8) is 0 Å². The summed E-state index contributed by atoms with van der Waals surface area (Å²) < 4.78 is 412. The van der Waals surface area contributed by atoms with E-state index in [1.165, 1.54) is 0 Å². The van der Waals surface area contributed by atoms with Gasteiger partial charge in [-0.1, -0.05) is 0 Å². The van der Waals surface area contributed by atoms with Gasteiger partial charge in [0.2, 0.25) is 12.2 Å². The Morgan fingerprint density at radius 2 is 0.781 bits per heavy atom. The van der Waals surface area contributed by atoms with Crippen molar-refractivity contribution < 1.29 is 151 Å². The molecule has 0 unspecified atom stereocenters. The number of halogens is 29. The molecule has 0 saturated carbocycles. The minimum atomic E-state index is -10.1. The van der Waals surface area contributed by atoms with Gasteiger partial charge >= 0.3 is 89.1 Å². The van der Waals surface area contributed by atoms with Crippen LogP contribution in [0.1, 0.15) is 28.4 Å². The Morgan fingerprint density at radius 3 is 1.06 bits per heavy atom. The predicted molar refractivity (Wildman–Crippen MR) is 140 cm³/mol. The fourth-order valence-corrected chi connectivity index (χ4v) is 4.45. The minimum Gasteiger partial charge on any atom is -0.445 e. The minimum absolute atomic E-state index is 0.115. The van der Waals surface area contributed by atoms with E-state index in [1.807, 2.05) is 0 Å². The first-order valence-electron chi connectivity index (χ1n) is 14.6. The summed E-state index contributed by atoms with van der Waals surface area (Å²) in [6.07, 6.45) is -7.73. The molecule has 1 amide bonds. The van der Waals surface area contributed by atoms with Crippen molar-refractivity contribution in [3.8, 4) is 0 Å². The SMILES string of the molecule is CC(=O)OCNC(=O)c1c(C)c(N=C=O)cc(N=C=O)c1C(F)(F)C(F)(F)C(F)(F)C(F)(F)C(F)(F)C(F)(F)C(F)(F)C(F)(F)C(F)(F)C(F)(F)C(F)(F)C(F)(F)C(F)(F)C(F)(F)F. The maximum Gasteiger partial charge on any atom is 0.460 e. The number of aliphatic imine (C=N–C) groups is 2. The molecule has 1 rings (SSSR count). The van der Waals surface area contributed by atoms with Gasteiger partial charge < -0.3 is 10.1 Å². The molecular formula is C27H10F29N3O5. The zero-order valence-electron chi connectivity index (χ0n) is 29.2. The van der Waals surface area contributed by atoms with Crippen LogP contribution in [0.3, 0.4) is 0 Å². The maximum absolute atomic E-state index is 15.6. The lowest BCUT2D eigenvalue weighted by molar-refractivity contribution is -0.487. The Hall–Kier alpha value is -5.11. The normalized spacial score (nSPS) is 15.0. The molecule has 1 aromatic carbocycles. The highest BCUT2D eigenvalue weighted by atomic mass is 19.4. The topological polar surface area (TPSA) is 114 Å². The molecule has 0 saturated heterocycles. The third-order valence-electron chi connectivity index (χ3n) is 8.01. The van der Waals surface area contributed by atoms with E-state index in [1.54, 1.807) is 0 Å². The van der Waals surface area contributed by atoms with Crippen molar-refractivity contribution >= 4 is 35.4 Å². The van der Waals surface area contributed by atoms with Gasteiger partial charge in [0, 0.05) is 6.92 Å². The summed E-state index contributed by atoms with van der Waals surface area (Å²) in [7, 11) is 0. The summed E-state index contributed by atoms with van der Waals surface area (Å²) in [5.41, 5.74) is -11.7. The third kappa shape index (κ3) is 7.50. The number of nitrogens with zero attached hydrogens (tertiary/aromatic N) is 2. The van der Waals surface area contributed by atoms with Crippen LogP contribution in [-0.4, -0.2) is 108 Å². The molecule has 0 fully saturated rings. The van der Waals surface area contributed by atoms with Crippen molar-refractivity contribution in [1.29, 1.82) is 0 Å². The van der Waals surface area contributed by atoms with E-state index in [2.05, 4.69) is 14.7 Å². The summed E-state index contributed by atoms with van der Waals surface area (Å²) in [4.78, 5) is 49.9. The highest BCUT2D eigenvalue weighted by Gasteiger charge is 3.01. The molecule has 0 radical (unpaired) electrons. The highest BCUT2D eigenvalue weighted by molar-refractivity contribution is 6.00. The second-order valence-electron chi connectivity index (χ2n) is 11.9. The van der Waals surface area contributed by atoms with Crippen molar-refractivity contribution in [2.75, 3.05) is 6.73 Å². The molecule has 0 aliphatic heterocycles. The van der Waals surface area contributed by atoms with Gasteiger partial charge in [-0.25, -0.2) is 9.59 Å². The largest absolute Gasteiger partial charge is 0.460 e. The van der Waals surface area contributed by atoms with Crippen LogP contribution >= 0.6 is 0 Å². The standard InChI is InChI=1S/C27H10F29N3O5/c1-7-9(57-4-60)3-10(58-5-61)12(11(7)13(63)59-6-64-8(2)62)14(28,29)15(30,31)16(32,33)17(34,35)18(36,37)19(38,39)20(40,41)21(42,43)22(44,45)23(46,47)24(48,49)25(50,51)26(52,53)27(54,55)56/h3H,6H2,1-2H3,(H,59,63). The number of alkyl halides is 29. The predicted octanol–water partition coefficient (Wildman–Crippen LogP) is 10.5. The smallest absolute Gasteiger partial charge is 0.445 e. The summed E-state index contributed by atoms with van der Waals surface area (Å²) in [5.74, 6) is -128. The molecule has 0 bridgehead atoms. The van der Waals surface area contributed by atoms with E-state index in [-0.39, 0.29) is 13.0 Å². The zero-order chi connectivity index (χ0) is 51.7. The van der Waals surface area contributed by atoms with Crippen LogP contribution in [0.5, 0.6) is 0 Å². The highest BCUT2D eigenvalue weighted by Crippen LogP contribution is 2.69. The maximum atomic E-state index is 15.6. The van der Waals surface area contributed by atoms with Gasteiger partial charge in [-0.2, -0.15) is 137 Å². The van der Waals surface area contributed by atoms with Gasteiger partial charge in [0.15, 0.2) is 6.73 Å². The summed E-state index contributed by atoms with van der Waals surface area (Å²) >= 11 is 0. The van der Waals surface area contributed by atoms with Crippen LogP contribution in [-0.2, 0) is 25.0 Å². The number of carbonyl (C=O) groups is 2. The van der Waals surface area contributed by atoms with E-state index in [9.17, 15) is 129 Å². The van der Waals surface area contributed by atoms with E-state index in [0.29, 0.717) is 13.0 Å². The number of ether oxygens (including phenoxy) is 1. The Morgan fingerprint density at radius 1 is 0.500 bits per heavy atom. The quantitative estimate of drug-likeness (QED) is 0.0517. The second kappa shape index (κ2) is 16.1. The molecular weight excluding hydrogens is 997 g/mol. The molecule has 0 spiro atoms. The van der Waals surface area contributed by atoms with Gasteiger partial charge in [-0.3, -0.25) is 9.59 Å².